The Morgan fingerprint density at radius 3 is 2.39 bits per heavy atom. The number of aromatic nitrogens is 2. The fraction of sp³-hybridized carbons (Fsp3) is 0.545. The van der Waals surface area contributed by atoms with Crippen LogP contribution in [-0.2, 0) is 30.5 Å². The second-order valence-electron chi connectivity index (χ2n) is 8.31. The number of amides is 2. The number of carbonyl (C=O) groups is 4. The Hall–Kier alpha value is -3.08. The van der Waals surface area contributed by atoms with E-state index in [2.05, 4.69) is 9.97 Å². The lowest BCUT2D eigenvalue weighted by Gasteiger charge is -2.21. The lowest BCUT2D eigenvalue weighted by atomic mass is 9.81. The van der Waals surface area contributed by atoms with Crippen LogP contribution in [0.15, 0.2) is 0 Å². The largest absolute Gasteiger partial charge is 0.462 e. The molecular formula is C22H26N4O6S. The van der Waals surface area contributed by atoms with Crippen LogP contribution in [0.4, 0.5) is 5.82 Å². The maximum atomic E-state index is 12.7. The number of imide groups is 1. The molecule has 2 aliphatic rings. The first-order chi connectivity index (χ1) is 15.7. The molecule has 0 bridgehead atoms. The third-order valence-electron chi connectivity index (χ3n) is 6.27. The van der Waals surface area contributed by atoms with Gasteiger partial charge >= 0.3 is 11.9 Å². The summed E-state index contributed by atoms with van der Waals surface area (Å²) in [6.07, 6.45) is 3.17. The lowest BCUT2D eigenvalue weighted by molar-refractivity contribution is -0.159. The summed E-state index contributed by atoms with van der Waals surface area (Å²) in [6, 6.07) is -1.03. The Labute approximate surface area is 194 Å². The summed E-state index contributed by atoms with van der Waals surface area (Å²) in [6.45, 7) is 4.92. The highest BCUT2D eigenvalue weighted by Gasteiger charge is 2.51. The van der Waals surface area contributed by atoms with Crippen molar-refractivity contribution in [2.75, 3.05) is 12.3 Å². The Bertz CT molecular complexity index is 1120. The highest BCUT2D eigenvalue weighted by molar-refractivity contribution is 7.20. The van der Waals surface area contributed by atoms with Gasteiger partial charge in [-0.3, -0.25) is 14.5 Å². The molecule has 0 radical (unpaired) electrons. The van der Waals surface area contributed by atoms with Crippen molar-refractivity contribution in [2.45, 2.75) is 59.1 Å². The number of hydrogen-bond donors (Lipinski definition) is 1. The summed E-state index contributed by atoms with van der Waals surface area (Å²) < 4.78 is 10.4. The van der Waals surface area contributed by atoms with Gasteiger partial charge in [0.05, 0.1) is 23.8 Å². The first-order valence-corrected chi connectivity index (χ1v) is 11.8. The number of fused-ring (bicyclic) bond motifs is 2. The Balaban J connectivity index is 1.48. The number of hydrogen-bond acceptors (Lipinski definition) is 10. The molecule has 176 valence electrons. The van der Waals surface area contributed by atoms with Gasteiger partial charge in [0.15, 0.2) is 12.4 Å². The van der Waals surface area contributed by atoms with Gasteiger partial charge in [-0.1, -0.05) is 12.8 Å². The van der Waals surface area contributed by atoms with E-state index in [4.69, 9.17) is 15.2 Å². The zero-order valence-corrected chi connectivity index (χ0v) is 19.6. The number of rotatable bonds is 6. The van der Waals surface area contributed by atoms with Crippen LogP contribution >= 0.6 is 11.3 Å². The average Bonchev–Trinajstić information content (AvgIpc) is 3.26. The number of carbonyl (C=O) groups excluding carboxylic acids is 4. The van der Waals surface area contributed by atoms with E-state index in [1.165, 1.54) is 6.92 Å². The number of anilines is 1. The van der Waals surface area contributed by atoms with E-state index in [9.17, 15) is 19.2 Å². The number of thiophene rings is 1. The zero-order chi connectivity index (χ0) is 23.9. The monoisotopic (exact) mass is 474 g/mol. The van der Waals surface area contributed by atoms with Crippen LogP contribution in [0.1, 0.15) is 60.6 Å². The molecule has 0 spiro atoms. The van der Waals surface area contributed by atoms with Gasteiger partial charge in [0, 0.05) is 0 Å². The van der Waals surface area contributed by atoms with E-state index < -0.39 is 18.0 Å². The van der Waals surface area contributed by atoms with Crippen molar-refractivity contribution in [1.82, 2.24) is 14.9 Å². The summed E-state index contributed by atoms with van der Waals surface area (Å²) in [4.78, 5) is 60.7. The molecule has 11 heteroatoms. The van der Waals surface area contributed by atoms with Gasteiger partial charge in [0.25, 0.3) is 0 Å². The third-order valence-corrected chi connectivity index (χ3v) is 7.44. The molecule has 3 atom stereocenters. The number of esters is 2. The smallest absolute Gasteiger partial charge is 0.348 e. The SMILES string of the molecule is CCOC(=O)c1sc2nc(COC(=O)[C@H](C)N3C(=O)C4CCCCC4C3=O)nc(N)c2c1C. The minimum atomic E-state index is -1.03. The van der Waals surface area contributed by atoms with Crippen LogP contribution in [0, 0.1) is 18.8 Å². The molecular weight excluding hydrogens is 448 g/mol. The van der Waals surface area contributed by atoms with E-state index in [1.807, 2.05) is 0 Å². The fourth-order valence-corrected chi connectivity index (χ4v) is 5.70. The number of nitrogen functional groups attached to an aromatic ring is 1. The van der Waals surface area contributed by atoms with Crippen molar-refractivity contribution < 1.29 is 28.7 Å². The number of likely N-dealkylation sites (tertiary alicyclic amines) is 1. The van der Waals surface area contributed by atoms with Gasteiger partial charge in [-0.05, 0) is 39.2 Å². The molecule has 2 N–H and O–H groups in total. The number of ether oxygens (including phenoxy) is 2. The number of nitrogens with zero attached hydrogens (tertiary/aromatic N) is 3. The van der Waals surface area contributed by atoms with Crippen molar-refractivity contribution >= 4 is 51.1 Å². The maximum absolute atomic E-state index is 12.7. The maximum Gasteiger partial charge on any atom is 0.348 e. The molecule has 3 heterocycles. The minimum Gasteiger partial charge on any atom is -0.462 e. The number of aryl methyl sites for hydroxylation is 1. The molecule has 2 aromatic rings. The van der Waals surface area contributed by atoms with Crippen LogP contribution in [-0.4, -0.2) is 51.3 Å². The highest BCUT2D eigenvalue weighted by Crippen LogP contribution is 2.39. The molecule has 4 rings (SSSR count). The second kappa shape index (κ2) is 9.05. The molecule has 0 aromatic carbocycles. The molecule has 1 aliphatic carbocycles. The van der Waals surface area contributed by atoms with Crippen molar-refractivity contribution in [3.8, 4) is 0 Å². The molecule has 10 nitrogen and oxygen atoms in total. The minimum absolute atomic E-state index is 0.157. The normalized spacial score (nSPS) is 21.2. The molecule has 2 unspecified atom stereocenters. The van der Waals surface area contributed by atoms with Crippen LogP contribution in [0.25, 0.3) is 10.2 Å². The van der Waals surface area contributed by atoms with Gasteiger partial charge in [0.2, 0.25) is 11.8 Å². The van der Waals surface area contributed by atoms with Crippen LogP contribution in [0.3, 0.4) is 0 Å². The van der Waals surface area contributed by atoms with E-state index in [1.54, 1.807) is 13.8 Å². The fourth-order valence-electron chi connectivity index (χ4n) is 4.60. The van der Waals surface area contributed by atoms with E-state index in [0.29, 0.717) is 33.5 Å². The molecule has 1 aliphatic heterocycles. The Morgan fingerprint density at radius 2 is 1.79 bits per heavy atom. The van der Waals surface area contributed by atoms with E-state index >= 15 is 0 Å². The number of nitrogens with two attached hydrogens (primary N) is 1. The third kappa shape index (κ3) is 4.05. The van der Waals surface area contributed by atoms with Crippen molar-refractivity contribution in [2.24, 2.45) is 11.8 Å². The standard InChI is InChI=1S/C22H26N4O6S/c1-4-31-22(30)16-10(2)15-17(23)24-14(25-18(15)33-16)9-32-21(29)11(3)26-19(27)12-7-5-6-8-13(12)20(26)28/h11-13H,4-9H2,1-3H3,(H2,23,24,25)/t11-,12?,13?/m0/s1. The van der Waals surface area contributed by atoms with Crippen molar-refractivity contribution in [3.05, 3.63) is 16.3 Å². The van der Waals surface area contributed by atoms with Crippen molar-refractivity contribution in [3.63, 3.8) is 0 Å². The Kier molecular flexibility index (Phi) is 6.33. The van der Waals surface area contributed by atoms with Crippen LogP contribution < -0.4 is 5.73 Å². The van der Waals surface area contributed by atoms with Gasteiger partial charge in [-0.2, -0.15) is 0 Å². The highest BCUT2D eigenvalue weighted by atomic mass is 32.1. The lowest BCUT2D eigenvalue weighted by Crippen LogP contribution is -2.44. The Morgan fingerprint density at radius 1 is 1.15 bits per heavy atom. The van der Waals surface area contributed by atoms with Crippen molar-refractivity contribution in [1.29, 1.82) is 0 Å². The summed E-state index contributed by atoms with van der Waals surface area (Å²) in [5.74, 6) is -2.10. The molecule has 2 aromatic heterocycles. The van der Waals surface area contributed by atoms with E-state index in [-0.39, 0.29) is 48.5 Å². The summed E-state index contributed by atoms with van der Waals surface area (Å²) in [7, 11) is 0. The second-order valence-corrected chi connectivity index (χ2v) is 9.31. The average molecular weight is 475 g/mol. The topological polar surface area (TPSA) is 142 Å². The summed E-state index contributed by atoms with van der Waals surface area (Å²) in [5, 5.41) is 0.558. The van der Waals surface area contributed by atoms with E-state index in [0.717, 1.165) is 29.1 Å². The summed E-state index contributed by atoms with van der Waals surface area (Å²) in [5.41, 5.74) is 6.71. The zero-order valence-electron chi connectivity index (χ0n) is 18.8. The molecule has 2 amide bonds. The van der Waals surface area contributed by atoms with Gasteiger partial charge in [0.1, 0.15) is 21.6 Å². The van der Waals surface area contributed by atoms with Gasteiger partial charge < -0.3 is 15.2 Å². The first-order valence-electron chi connectivity index (χ1n) is 11.0. The molecule has 33 heavy (non-hydrogen) atoms. The van der Waals surface area contributed by atoms with Crippen LogP contribution in [0.5, 0.6) is 0 Å². The summed E-state index contributed by atoms with van der Waals surface area (Å²) >= 11 is 1.13. The molecule has 1 saturated heterocycles. The first kappa shape index (κ1) is 23.1. The predicted octanol–water partition coefficient (Wildman–Crippen LogP) is 2.37. The molecule has 2 fully saturated rings. The van der Waals surface area contributed by atoms with Gasteiger partial charge in [-0.25, -0.2) is 19.6 Å². The predicted molar refractivity (Wildman–Crippen MR) is 119 cm³/mol. The van der Waals surface area contributed by atoms with Crippen LogP contribution in [0.2, 0.25) is 0 Å². The quantitative estimate of drug-likeness (QED) is 0.493. The van der Waals surface area contributed by atoms with Gasteiger partial charge in [-0.15, -0.1) is 11.3 Å². The molecule has 1 saturated carbocycles.